The Morgan fingerprint density at radius 2 is 1.12 bits per heavy atom. The molecule has 0 saturated carbocycles. The Hall–Kier alpha value is -2.87. The van der Waals surface area contributed by atoms with Gasteiger partial charge in [0.2, 0.25) is 0 Å². The van der Waals surface area contributed by atoms with Crippen molar-refractivity contribution in [3.05, 3.63) is 107 Å². The Morgan fingerprint density at radius 1 is 0.708 bits per heavy atom. The standard InChI is InChI=1S/C22H21NO/c1-22(18-9-5-3-6-10-18,19-11-7-4-8-12-19)20-15-13-17(14-16-20)21(24)23-2/h3-16H,1-2H3,(H,23,24). The van der Waals surface area contributed by atoms with Gasteiger partial charge in [-0.1, -0.05) is 72.8 Å². The number of rotatable bonds is 4. The van der Waals surface area contributed by atoms with E-state index in [1.54, 1.807) is 7.05 Å². The van der Waals surface area contributed by atoms with Crippen LogP contribution in [0.3, 0.4) is 0 Å². The monoisotopic (exact) mass is 315 g/mol. The molecule has 0 aliphatic carbocycles. The summed E-state index contributed by atoms with van der Waals surface area (Å²) in [5.41, 5.74) is 4.01. The van der Waals surface area contributed by atoms with Gasteiger partial charge in [0.1, 0.15) is 0 Å². The number of carbonyl (C=O) groups is 1. The van der Waals surface area contributed by atoms with Crippen LogP contribution in [-0.2, 0) is 5.41 Å². The van der Waals surface area contributed by atoms with Crippen LogP contribution >= 0.6 is 0 Å². The predicted molar refractivity (Wildman–Crippen MR) is 98.3 cm³/mol. The van der Waals surface area contributed by atoms with Crippen LogP contribution in [0.4, 0.5) is 0 Å². The number of hydrogen-bond donors (Lipinski definition) is 1. The van der Waals surface area contributed by atoms with Gasteiger partial charge >= 0.3 is 0 Å². The zero-order chi connectivity index (χ0) is 17.0. The molecule has 0 aliphatic rings. The summed E-state index contributed by atoms with van der Waals surface area (Å²) in [5.74, 6) is -0.0670. The quantitative estimate of drug-likeness (QED) is 0.710. The van der Waals surface area contributed by atoms with Crippen LogP contribution < -0.4 is 5.32 Å². The van der Waals surface area contributed by atoms with E-state index in [-0.39, 0.29) is 11.3 Å². The van der Waals surface area contributed by atoms with Gasteiger partial charge in [-0.3, -0.25) is 4.79 Å². The second kappa shape index (κ2) is 6.71. The molecule has 0 aromatic heterocycles. The van der Waals surface area contributed by atoms with Gasteiger partial charge in [0.15, 0.2) is 0 Å². The highest BCUT2D eigenvalue weighted by atomic mass is 16.1. The van der Waals surface area contributed by atoms with Gasteiger partial charge in [0.25, 0.3) is 5.91 Å². The maximum atomic E-state index is 11.8. The van der Waals surface area contributed by atoms with Crippen molar-refractivity contribution in [2.75, 3.05) is 7.05 Å². The van der Waals surface area contributed by atoms with Crippen molar-refractivity contribution in [2.24, 2.45) is 0 Å². The van der Waals surface area contributed by atoms with E-state index in [0.29, 0.717) is 5.56 Å². The Labute approximate surface area is 143 Å². The minimum Gasteiger partial charge on any atom is -0.355 e. The van der Waals surface area contributed by atoms with Gasteiger partial charge in [-0.05, 0) is 35.7 Å². The molecular formula is C22H21NO. The zero-order valence-corrected chi connectivity index (χ0v) is 14.0. The first-order valence-corrected chi connectivity index (χ1v) is 8.10. The van der Waals surface area contributed by atoms with Gasteiger partial charge in [0, 0.05) is 18.0 Å². The number of nitrogens with one attached hydrogen (secondary N) is 1. The van der Waals surface area contributed by atoms with Gasteiger partial charge < -0.3 is 5.32 Å². The molecule has 0 saturated heterocycles. The van der Waals surface area contributed by atoms with Gasteiger partial charge in [0.05, 0.1) is 0 Å². The van der Waals surface area contributed by atoms with Crippen molar-refractivity contribution >= 4 is 5.91 Å². The summed E-state index contributed by atoms with van der Waals surface area (Å²) in [6, 6.07) is 28.8. The third-order valence-electron chi connectivity index (χ3n) is 4.65. The number of carbonyl (C=O) groups excluding carboxylic acids is 1. The molecule has 1 amide bonds. The molecule has 0 fully saturated rings. The van der Waals surface area contributed by atoms with Gasteiger partial charge in [-0.15, -0.1) is 0 Å². The zero-order valence-electron chi connectivity index (χ0n) is 14.0. The predicted octanol–water partition coefficient (Wildman–Crippen LogP) is 4.40. The number of benzene rings is 3. The fraction of sp³-hybridized carbons (Fsp3) is 0.136. The van der Waals surface area contributed by atoms with Gasteiger partial charge in [-0.25, -0.2) is 0 Å². The Morgan fingerprint density at radius 3 is 1.54 bits per heavy atom. The Balaban J connectivity index is 2.14. The first kappa shape index (κ1) is 16.0. The summed E-state index contributed by atoms with van der Waals surface area (Å²) in [5, 5.41) is 2.66. The highest BCUT2D eigenvalue weighted by Crippen LogP contribution is 2.38. The molecule has 0 spiro atoms. The second-order valence-electron chi connectivity index (χ2n) is 6.01. The fourth-order valence-electron chi connectivity index (χ4n) is 3.14. The topological polar surface area (TPSA) is 29.1 Å². The molecule has 3 aromatic rings. The third kappa shape index (κ3) is 2.83. The van der Waals surface area contributed by atoms with Crippen LogP contribution in [0.1, 0.15) is 34.0 Å². The van der Waals surface area contributed by atoms with E-state index < -0.39 is 0 Å². The normalized spacial score (nSPS) is 11.1. The summed E-state index contributed by atoms with van der Waals surface area (Å²) < 4.78 is 0. The lowest BCUT2D eigenvalue weighted by atomic mass is 9.71. The molecule has 0 atom stereocenters. The molecule has 0 unspecified atom stereocenters. The van der Waals surface area contributed by atoms with E-state index in [9.17, 15) is 4.79 Å². The highest BCUT2D eigenvalue weighted by Gasteiger charge is 2.30. The van der Waals surface area contributed by atoms with Crippen LogP contribution in [0.2, 0.25) is 0 Å². The SMILES string of the molecule is CNC(=O)c1ccc(C(C)(c2ccccc2)c2ccccc2)cc1. The van der Waals surface area contributed by atoms with E-state index in [1.165, 1.54) is 11.1 Å². The molecule has 1 N–H and O–H groups in total. The average Bonchev–Trinajstić information content (AvgIpc) is 2.68. The summed E-state index contributed by atoms with van der Waals surface area (Å²) in [7, 11) is 1.65. The minimum absolute atomic E-state index is 0.0670. The van der Waals surface area contributed by atoms with E-state index >= 15 is 0 Å². The summed E-state index contributed by atoms with van der Waals surface area (Å²) in [6.07, 6.45) is 0. The molecule has 3 aromatic carbocycles. The maximum Gasteiger partial charge on any atom is 0.251 e. The molecule has 0 bridgehead atoms. The van der Waals surface area contributed by atoms with E-state index in [1.807, 2.05) is 36.4 Å². The van der Waals surface area contributed by atoms with E-state index in [4.69, 9.17) is 0 Å². The lowest BCUT2D eigenvalue weighted by Gasteiger charge is -2.32. The molecule has 0 heterocycles. The average molecular weight is 315 g/mol. The van der Waals surface area contributed by atoms with Crippen molar-refractivity contribution in [3.63, 3.8) is 0 Å². The van der Waals surface area contributed by atoms with Gasteiger partial charge in [-0.2, -0.15) is 0 Å². The largest absolute Gasteiger partial charge is 0.355 e. The lowest BCUT2D eigenvalue weighted by Crippen LogP contribution is -2.25. The fourth-order valence-corrected chi connectivity index (χ4v) is 3.14. The van der Waals surface area contributed by atoms with Crippen molar-refractivity contribution in [3.8, 4) is 0 Å². The molecule has 2 heteroatoms. The Kier molecular flexibility index (Phi) is 4.48. The molecule has 120 valence electrons. The van der Waals surface area contributed by atoms with Crippen LogP contribution in [0, 0.1) is 0 Å². The third-order valence-corrected chi connectivity index (χ3v) is 4.65. The highest BCUT2D eigenvalue weighted by molar-refractivity contribution is 5.94. The van der Waals surface area contributed by atoms with Crippen LogP contribution in [0.5, 0.6) is 0 Å². The van der Waals surface area contributed by atoms with Crippen molar-refractivity contribution < 1.29 is 4.79 Å². The van der Waals surface area contributed by atoms with Crippen LogP contribution in [-0.4, -0.2) is 13.0 Å². The second-order valence-corrected chi connectivity index (χ2v) is 6.01. The Bertz CT molecular complexity index is 768. The molecule has 0 radical (unpaired) electrons. The molecule has 2 nitrogen and oxygen atoms in total. The van der Waals surface area contributed by atoms with E-state index in [0.717, 1.165) is 5.56 Å². The maximum absolute atomic E-state index is 11.8. The van der Waals surface area contributed by atoms with Crippen LogP contribution in [0.25, 0.3) is 0 Å². The first-order valence-electron chi connectivity index (χ1n) is 8.10. The molecule has 3 rings (SSSR count). The summed E-state index contributed by atoms with van der Waals surface area (Å²) >= 11 is 0. The smallest absolute Gasteiger partial charge is 0.251 e. The number of hydrogen-bond acceptors (Lipinski definition) is 1. The molecule has 24 heavy (non-hydrogen) atoms. The molecular weight excluding hydrogens is 294 g/mol. The number of amides is 1. The summed E-state index contributed by atoms with van der Waals surface area (Å²) in [6.45, 7) is 2.23. The lowest BCUT2D eigenvalue weighted by molar-refractivity contribution is 0.0963. The van der Waals surface area contributed by atoms with Crippen molar-refractivity contribution in [2.45, 2.75) is 12.3 Å². The summed E-state index contributed by atoms with van der Waals surface area (Å²) in [4.78, 5) is 11.8. The van der Waals surface area contributed by atoms with E-state index in [2.05, 4.69) is 60.8 Å². The van der Waals surface area contributed by atoms with Crippen molar-refractivity contribution in [1.29, 1.82) is 0 Å². The minimum atomic E-state index is -0.274. The molecule has 0 aliphatic heterocycles. The van der Waals surface area contributed by atoms with Crippen molar-refractivity contribution in [1.82, 2.24) is 5.32 Å². The van der Waals surface area contributed by atoms with Crippen LogP contribution in [0.15, 0.2) is 84.9 Å². The first-order chi connectivity index (χ1) is 11.7.